The molecule has 0 fully saturated rings. The Morgan fingerprint density at radius 2 is 1.81 bits per heavy atom. The first kappa shape index (κ1) is 18.5. The first-order chi connectivity index (χ1) is 13.2. The summed E-state index contributed by atoms with van der Waals surface area (Å²) in [5, 5.41) is 3.28. The Bertz CT molecular complexity index is 902. The molecule has 7 nitrogen and oxygen atoms in total. The van der Waals surface area contributed by atoms with Crippen molar-refractivity contribution in [3.8, 4) is 22.8 Å². The fourth-order valence-electron chi connectivity index (χ4n) is 2.66. The van der Waals surface area contributed by atoms with E-state index in [1.807, 2.05) is 55.5 Å². The fraction of sp³-hybridized carbons (Fsp3) is 0.200. The zero-order valence-electron chi connectivity index (χ0n) is 15.5. The maximum absolute atomic E-state index is 5.59. The van der Waals surface area contributed by atoms with Gasteiger partial charge in [0.05, 0.1) is 26.5 Å². The van der Waals surface area contributed by atoms with Crippen molar-refractivity contribution in [3.63, 3.8) is 0 Å². The first-order valence-electron chi connectivity index (χ1n) is 8.53. The van der Waals surface area contributed by atoms with E-state index in [0.717, 1.165) is 28.4 Å². The lowest BCUT2D eigenvalue weighted by Crippen LogP contribution is -2.02. The third kappa shape index (κ3) is 4.45. The average Bonchev–Trinajstić information content (AvgIpc) is 2.70. The molecule has 0 bridgehead atoms. The van der Waals surface area contributed by atoms with Crippen molar-refractivity contribution in [2.45, 2.75) is 6.92 Å². The van der Waals surface area contributed by atoms with Crippen LogP contribution >= 0.6 is 0 Å². The molecule has 2 N–H and O–H groups in total. The maximum Gasteiger partial charge on any atom is 0.144 e. The van der Waals surface area contributed by atoms with Gasteiger partial charge in [-0.05, 0) is 37.3 Å². The van der Waals surface area contributed by atoms with Gasteiger partial charge in [0, 0.05) is 17.3 Å². The van der Waals surface area contributed by atoms with Crippen LogP contribution in [0.2, 0.25) is 0 Å². The summed E-state index contributed by atoms with van der Waals surface area (Å²) in [5.41, 5.74) is 6.06. The zero-order chi connectivity index (χ0) is 19.1. The Morgan fingerprint density at radius 1 is 0.963 bits per heavy atom. The molecular formula is C20H22N4O3. The van der Waals surface area contributed by atoms with Crippen molar-refractivity contribution < 1.29 is 14.3 Å². The lowest BCUT2D eigenvalue weighted by Gasteiger charge is -2.14. The lowest BCUT2D eigenvalue weighted by atomic mass is 10.1. The third-order valence-electron chi connectivity index (χ3n) is 3.81. The van der Waals surface area contributed by atoms with E-state index in [4.69, 9.17) is 14.3 Å². The molecule has 2 aromatic carbocycles. The molecule has 0 atom stereocenters. The summed E-state index contributed by atoms with van der Waals surface area (Å²) in [4.78, 5) is 13.7. The summed E-state index contributed by atoms with van der Waals surface area (Å²) in [6.45, 7) is 2.50. The third-order valence-corrected chi connectivity index (χ3v) is 3.81. The maximum atomic E-state index is 5.59. The standard InChI is InChI=1S/C20H22N4O3/c1-4-27-19-10-9-14(11-17(19)24-26-3)23-20-12-16(21-13-22-20)15-7-5-6-8-18(15)25-2/h5-13,24H,4H2,1-3H3,(H,21,22,23). The summed E-state index contributed by atoms with van der Waals surface area (Å²) in [6, 6.07) is 15.3. The van der Waals surface area contributed by atoms with E-state index in [2.05, 4.69) is 20.8 Å². The molecule has 0 saturated heterocycles. The van der Waals surface area contributed by atoms with E-state index >= 15 is 0 Å². The van der Waals surface area contributed by atoms with Crippen LogP contribution in [0.4, 0.5) is 17.2 Å². The van der Waals surface area contributed by atoms with Crippen LogP contribution in [0.3, 0.4) is 0 Å². The second-order valence-corrected chi connectivity index (χ2v) is 5.56. The van der Waals surface area contributed by atoms with Crippen molar-refractivity contribution in [1.29, 1.82) is 0 Å². The quantitative estimate of drug-likeness (QED) is 0.577. The molecule has 1 heterocycles. The Labute approximate surface area is 158 Å². The van der Waals surface area contributed by atoms with Gasteiger partial charge < -0.3 is 14.8 Å². The minimum atomic E-state index is 0.569. The molecule has 0 aliphatic carbocycles. The molecule has 0 unspecified atom stereocenters. The van der Waals surface area contributed by atoms with Gasteiger partial charge in [0.15, 0.2) is 0 Å². The summed E-state index contributed by atoms with van der Waals surface area (Å²) >= 11 is 0. The highest BCUT2D eigenvalue weighted by molar-refractivity contribution is 5.72. The van der Waals surface area contributed by atoms with Crippen LogP contribution in [-0.4, -0.2) is 30.8 Å². The average molecular weight is 366 g/mol. The molecule has 0 aliphatic rings. The van der Waals surface area contributed by atoms with E-state index in [1.54, 1.807) is 14.2 Å². The van der Waals surface area contributed by atoms with Crippen LogP contribution in [0, 0.1) is 0 Å². The normalized spacial score (nSPS) is 10.3. The van der Waals surface area contributed by atoms with Crippen LogP contribution in [-0.2, 0) is 4.84 Å². The van der Waals surface area contributed by atoms with Gasteiger partial charge in [-0.1, -0.05) is 12.1 Å². The highest BCUT2D eigenvalue weighted by Gasteiger charge is 2.09. The largest absolute Gasteiger partial charge is 0.496 e. The Morgan fingerprint density at radius 3 is 2.59 bits per heavy atom. The van der Waals surface area contributed by atoms with Crippen molar-refractivity contribution in [2.75, 3.05) is 31.6 Å². The SMILES string of the molecule is CCOc1ccc(Nc2cc(-c3ccccc3OC)ncn2)cc1NOC. The number of nitrogens with one attached hydrogen (secondary N) is 2. The number of hydrogen-bond acceptors (Lipinski definition) is 7. The molecule has 0 aliphatic heterocycles. The minimum Gasteiger partial charge on any atom is -0.496 e. The molecule has 3 rings (SSSR count). The molecule has 1 aromatic heterocycles. The molecule has 7 heteroatoms. The van der Waals surface area contributed by atoms with E-state index in [1.165, 1.54) is 6.33 Å². The number of rotatable bonds is 8. The van der Waals surface area contributed by atoms with Gasteiger partial charge >= 0.3 is 0 Å². The van der Waals surface area contributed by atoms with E-state index in [9.17, 15) is 0 Å². The predicted octanol–water partition coefficient (Wildman–Crippen LogP) is 4.27. The smallest absolute Gasteiger partial charge is 0.144 e. The highest BCUT2D eigenvalue weighted by atomic mass is 16.6. The lowest BCUT2D eigenvalue weighted by molar-refractivity contribution is 0.265. The summed E-state index contributed by atoms with van der Waals surface area (Å²) in [6.07, 6.45) is 1.52. The van der Waals surface area contributed by atoms with Gasteiger partial charge in [0.25, 0.3) is 0 Å². The molecule has 140 valence electrons. The van der Waals surface area contributed by atoms with Gasteiger partial charge in [-0.15, -0.1) is 0 Å². The molecular weight excluding hydrogens is 344 g/mol. The van der Waals surface area contributed by atoms with E-state index < -0.39 is 0 Å². The Hall–Kier alpha value is -3.32. The highest BCUT2D eigenvalue weighted by Crippen LogP contribution is 2.31. The molecule has 0 spiro atoms. The van der Waals surface area contributed by atoms with Crippen molar-refractivity contribution in [2.24, 2.45) is 0 Å². The number of anilines is 3. The number of nitrogens with zero attached hydrogens (tertiary/aromatic N) is 2. The second kappa shape index (κ2) is 8.86. The van der Waals surface area contributed by atoms with Crippen molar-refractivity contribution in [1.82, 2.24) is 9.97 Å². The van der Waals surface area contributed by atoms with Crippen LogP contribution < -0.4 is 20.3 Å². The number of para-hydroxylation sites is 1. The van der Waals surface area contributed by atoms with Crippen molar-refractivity contribution in [3.05, 3.63) is 54.9 Å². The van der Waals surface area contributed by atoms with Gasteiger partial charge in [-0.25, -0.2) is 9.97 Å². The van der Waals surface area contributed by atoms with Crippen LogP contribution in [0.15, 0.2) is 54.9 Å². The molecule has 3 aromatic rings. The fourth-order valence-corrected chi connectivity index (χ4v) is 2.66. The second-order valence-electron chi connectivity index (χ2n) is 5.56. The molecule has 0 amide bonds. The number of ether oxygens (including phenoxy) is 2. The first-order valence-corrected chi connectivity index (χ1v) is 8.53. The van der Waals surface area contributed by atoms with E-state index in [-0.39, 0.29) is 0 Å². The number of aromatic nitrogens is 2. The monoisotopic (exact) mass is 366 g/mol. The number of methoxy groups -OCH3 is 1. The minimum absolute atomic E-state index is 0.569. The molecule has 27 heavy (non-hydrogen) atoms. The van der Waals surface area contributed by atoms with E-state index in [0.29, 0.717) is 18.2 Å². The van der Waals surface area contributed by atoms with Crippen LogP contribution in [0.1, 0.15) is 6.92 Å². The topological polar surface area (TPSA) is 77.5 Å². The van der Waals surface area contributed by atoms with Crippen LogP contribution in [0.25, 0.3) is 11.3 Å². The van der Waals surface area contributed by atoms with Crippen LogP contribution in [0.5, 0.6) is 11.5 Å². The zero-order valence-corrected chi connectivity index (χ0v) is 15.5. The summed E-state index contributed by atoms with van der Waals surface area (Å²) in [7, 11) is 3.20. The number of hydrogen-bond donors (Lipinski definition) is 2. The van der Waals surface area contributed by atoms with Crippen molar-refractivity contribution >= 4 is 17.2 Å². The Kier molecular flexibility index (Phi) is 6.06. The number of benzene rings is 2. The van der Waals surface area contributed by atoms with Gasteiger partial charge in [0.1, 0.15) is 29.3 Å². The summed E-state index contributed by atoms with van der Waals surface area (Å²) in [5.74, 6) is 2.13. The summed E-state index contributed by atoms with van der Waals surface area (Å²) < 4.78 is 11.0. The predicted molar refractivity (Wildman–Crippen MR) is 106 cm³/mol. The van der Waals surface area contributed by atoms with Gasteiger partial charge in [-0.2, -0.15) is 0 Å². The molecule has 0 radical (unpaired) electrons. The Balaban J connectivity index is 1.87. The molecule has 0 saturated carbocycles. The van der Waals surface area contributed by atoms with Gasteiger partial charge in [0.2, 0.25) is 0 Å². The van der Waals surface area contributed by atoms with Gasteiger partial charge in [-0.3, -0.25) is 10.3 Å².